The fourth-order valence-corrected chi connectivity index (χ4v) is 2.06. The third kappa shape index (κ3) is 1.62. The van der Waals surface area contributed by atoms with Crippen molar-refractivity contribution >= 4 is 16.5 Å². The number of nitrogens with two attached hydrogens (primary N) is 2. The molecule has 4 N–H and O–H groups in total. The Morgan fingerprint density at radius 3 is 2.57 bits per heavy atom. The van der Waals surface area contributed by atoms with Crippen molar-refractivity contribution in [3.63, 3.8) is 0 Å². The van der Waals surface area contributed by atoms with Crippen LogP contribution in [0.2, 0.25) is 0 Å². The van der Waals surface area contributed by atoms with E-state index in [-0.39, 0.29) is 0 Å². The summed E-state index contributed by atoms with van der Waals surface area (Å²) in [4.78, 5) is 5.30. The second kappa shape index (κ2) is 3.77. The van der Waals surface area contributed by atoms with Gasteiger partial charge >= 0.3 is 0 Å². The fourth-order valence-electron chi connectivity index (χ4n) is 1.33. The van der Waals surface area contributed by atoms with E-state index in [0.717, 1.165) is 16.1 Å². The third-order valence-electron chi connectivity index (χ3n) is 1.95. The topological polar surface area (TPSA) is 64.9 Å². The number of nitrogens with zero attached hydrogens (tertiary/aromatic N) is 1. The Bertz CT molecular complexity index is 422. The second-order valence-electron chi connectivity index (χ2n) is 2.89. The molecule has 0 atom stereocenters. The average molecular weight is 205 g/mol. The van der Waals surface area contributed by atoms with Crippen LogP contribution in [0.1, 0.15) is 4.88 Å². The molecule has 0 spiro atoms. The van der Waals surface area contributed by atoms with E-state index in [4.69, 9.17) is 11.5 Å². The molecule has 0 bridgehead atoms. The molecule has 4 heteroatoms. The summed E-state index contributed by atoms with van der Waals surface area (Å²) in [6, 6.07) is 9.94. The van der Waals surface area contributed by atoms with Crippen molar-refractivity contribution in [3.05, 3.63) is 35.2 Å². The minimum atomic E-state index is 0.485. The van der Waals surface area contributed by atoms with Gasteiger partial charge in [0.05, 0.1) is 5.69 Å². The number of nitrogen functional groups attached to an aromatic ring is 1. The van der Waals surface area contributed by atoms with E-state index in [1.54, 1.807) is 0 Å². The van der Waals surface area contributed by atoms with Crippen molar-refractivity contribution in [2.75, 3.05) is 5.73 Å². The lowest BCUT2D eigenvalue weighted by molar-refractivity contribution is 1.10. The molecule has 2 rings (SSSR count). The molecule has 1 aromatic carbocycles. The minimum Gasteiger partial charge on any atom is -0.375 e. The Kier molecular flexibility index (Phi) is 2.47. The predicted octanol–water partition coefficient (Wildman–Crippen LogP) is 1.85. The van der Waals surface area contributed by atoms with Gasteiger partial charge in [0.25, 0.3) is 0 Å². The summed E-state index contributed by atoms with van der Waals surface area (Å²) >= 11 is 1.45. The van der Waals surface area contributed by atoms with Gasteiger partial charge in [-0.3, -0.25) is 0 Å². The van der Waals surface area contributed by atoms with Gasteiger partial charge in [0.2, 0.25) is 0 Å². The van der Waals surface area contributed by atoms with Crippen LogP contribution in [0.5, 0.6) is 0 Å². The smallest absolute Gasteiger partial charge is 0.180 e. The Hall–Kier alpha value is -1.39. The molecule has 0 aliphatic carbocycles. The normalized spacial score (nSPS) is 10.4. The number of hydrogen-bond donors (Lipinski definition) is 2. The highest BCUT2D eigenvalue weighted by molar-refractivity contribution is 7.15. The fraction of sp³-hybridized carbons (Fsp3) is 0.100. The molecule has 0 saturated heterocycles. The summed E-state index contributed by atoms with van der Waals surface area (Å²) in [7, 11) is 0. The van der Waals surface area contributed by atoms with E-state index in [0.29, 0.717) is 11.7 Å². The van der Waals surface area contributed by atoms with Gasteiger partial charge in [-0.2, -0.15) is 0 Å². The molecule has 0 unspecified atom stereocenters. The van der Waals surface area contributed by atoms with Crippen LogP contribution >= 0.6 is 11.3 Å². The molecule has 0 fully saturated rings. The van der Waals surface area contributed by atoms with Gasteiger partial charge in [0, 0.05) is 17.0 Å². The highest BCUT2D eigenvalue weighted by Gasteiger charge is 2.09. The van der Waals surface area contributed by atoms with Crippen LogP contribution in [0.4, 0.5) is 5.13 Å². The first-order valence-electron chi connectivity index (χ1n) is 4.32. The summed E-state index contributed by atoms with van der Waals surface area (Å²) in [6.07, 6.45) is 0. The predicted molar refractivity (Wildman–Crippen MR) is 59.9 cm³/mol. The van der Waals surface area contributed by atoms with Crippen molar-refractivity contribution in [1.82, 2.24) is 4.98 Å². The maximum absolute atomic E-state index is 5.64. The Morgan fingerprint density at radius 2 is 1.93 bits per heavy atom. The van der Waals surface area contributed by atoms with Gasteiger partial charge in [-0.1, -0.05) is 30.3 Å². The third-order valence-corrected chi connectivity index (χ3v) is 2.85. The van der Waals surface area contributed by atoms with Crippen molar-refractivity contribution in [3.8, 4) is 11.3 Å². The molecule has 72 valence electrons. The average Bonchev–Trinajstić information content (AvgIpc) is 2.61. The zero-order valence-corrected chi connectivity index (χ0v) is 8.42. The van der Waals surface area contributed by atoms with Crippen LogP contribution in [0.3, 0.4) is 0 Å². The van der Waals surface area contributed by atoms with E-state index in [9.17, 15) is 0 Å². The van der Waals surface area contributed by atoms with E-state index in [2.05, 4.69) is 4.98 Å². The number of anilines is 1. The highest BCUT2D eigenvalue weighted by Crippen LogP contribution is 2.28. The molecule has 1 heterocycles. The maximum Gasteiger partial charge on any atom is 0.180 e. The first-order chi connectivity index (χ1) is 6.81. The SMILES string of the molecule is NCc1sc(N)nc1-c1ccccc1. The Balaban J connectivity index is 2.51. The molecular weight excluding hydrogens is 194 g/mol. The molecule has 0 radical (unpaired) electrons. The van der Waals surface area contributed by atoms with Crippen molar-refractivity contribution in [1.29, 1.82) is 0 Å². The van der Waals surface area contributed by atoms with Gasteiger partial charge in [-0.05, 0) is 0 Å². The Morgan fingerprint density at radius 1 is 1.21 bits per heavy atom. The van der Waals surface area contributed by atoms with Gasteiger partial charge in [0.15, 0.2) is 5.13 Å². The standard InChI is InChI=1S/C10H11N3S/c11-6-8-9(13-10(12)14-8)7-4-2-1-3-5-7/h1-5H,6,11H2,(H2,12,13). The number of thiazole rings is 1. The molecule has 0 aliphatic heterocycles. The summed E-state index contributed by atoms with van der Waals surface area (Å²) in [5, 5.41) is 0.573. The van der Waals surface area contributed by atoms with Gasteiger partial charge in [0.1, 0.15) is 0 Å². The van der Waals surface area contributed by atoms with Crippen LogP contribution in [-0.2, 0) is 6.54 Å². The van der Waals surface area contributed by atoms with Gasteiger partial charge in [-0.15, -0.1) is 11.3 Å². The van der Waals surface area contributed by atoms with Crippen molar-refractivity contribution in [2.45, 2.75) is 6.54 Å². The summed E-state index contributed by atoms with van der Waals surface area (Å²) < 4.78 is 0. The van der Waals surface area contributed by atoms with Gasteiger partial charge in [-0.25, -0.2) is 4.98 Å². The molecule has 3 nitrogen and oxygen atoms in total. The van der Waals surface area contributed by atoms with Crippen LogP contribution in [0.25, 0.3) is 11.3 Å². The zero-order chi connectivity index (χ0) is 9.97. The van der Waals surface area contributed by atoms with E-state index in [1.165, 1.54) is 11.3 Å². The molecule has 0 saturated carbocycles. The lowest BCUT2D eigenvalue weighted by Crippen LogP contribution is -1.95. The summed E-state index contributed by atoms with van der Waals surface area (Å²) in [6.45, 7) is 0.485. The highest BCUT2D eigenvalue weighted by atomic mass is 32.1. The number of rotatable bonds is 2. The van der Waals surface area contributed by atoms with Crippen molar-refractivity contribution in [2.24, 2.45) is 5.73 Å². The summed E-state index contributed by atoms with van der Waals surface area (Å²) in [5.74, 6) is 0. The lowest BCUT2D eigenvalue weighted by Gasteiger charge is -1.98. The molecule has 1 aromatic heterocycles. The van der Waals surface area contributed by atoms with E-state index < -0.39 is 0 Å². The quantitative estimate of drug-likeness (QED) is 0.786. The molecule has 14 heavy (non-hydrogen) atoms. The monoisotopic (exact) mass is 205 g/mol. The second-order valence-corrected chi connectivity index (χ2v) is 4.01. The van der Waals surface area contributed by atoms with Crippen LogP contribution in [0, 0.1) is 0 Å². The maximum atomic E-state index is 5.64. The molecule has 0 amide bonds. The number of aromatic nitrogens is 1. The van der Waals surface area contributed by atoms with Crippen LogP contribution in [0.15, 0.2) is 30.3 Å². The molecule has 0 aliphatic rings. The largest absolute Gasteiger partial charge is 0.375 e. The van der Waals surface area contributed by atoms with Crippen LogP contribution < -0.4 is 11.5 Å². The first-order valence-corrected chi connectivity index (χ1v) is 5.13. The van der Waals surface area contributed by atoms with E-state index >= 15 is 0 Å². The number of benzene rings is 1. The lowest BCUT2D eigenvalue weighted by atomic mass is 10.1. The molecule has 2 aromatic rings. The van der Waals surface area contributed by atoms with E-state index in [1.807, 2.05) is 30.3 Å². The summed E-state index contributed by atoms with van der Waals surface area (Å²) in [5.41, 5.74) is 13.2. The Labute approximate surface area is 86.4 Å². The zero-order valence-electron chi connectivity index (χ0n) is 7.60. The van der Waals surface area contributed by atoms with Gasteiger partial charge < -0.3 is 11.5 Å². The first kappa shape index (κ1) is 9.18. The van der Waals surface area contributed by atoms with Crippen molar-refractivity contribution < 1.29 is 0 Å². The minimum absolute atomic E-state index is 0.485. The van der Waals surface area contributed by atoms with Crippen LogP contribution in [-0.4, -0.2) is 4.98 Å². The number of hydrogen-bond acceptors (Lipinski definition) is 4. The molecular formula is C10H11N3S.